The fourth-order valence-electron chi connectivity index (χ4n) is 2.20. The maximum Gasteiger partial charge on any atom is 0.318 e. The van der Waals surface area contributed by atoms with Crippen molar-refractivity contribution >= 4 is 6.03 Å². The number of carbonyl (C=O) groups is 1. The highest BCUT2D eigenvalue weighted by Gasteiger charge is 2.17. The number of ether oxygens (including phenoxy) is 1. The molecule has 2 amide bonds. The standard InChI is InChI=1S/C15H20FN5O2/c1-10(14-19-17-9-21(14)3)18-15(22)20(2)8-11-5-6-13(23-4)12(16)7-11/h5-7,9-10H,8H2,1-4H3,(H,18,22)/t10-/m0/s1. The van der Waals surface area contributed by atoms with Crippen molar-refractivity contribution in [2.75, 3.05) is 14.2 Å². The molecule has 2 rings (SSSR count). The van der Waals surface area contributed by atoms with Crippen LogP contribution in [0.1, 0.15) is 24.4 Å². The number of methoxy groups -OCH3 is 1. The van der Waals surface area contributed by atoms with E-state index in [1.807, 2.05) is 14.0 Å². The molecule has 0 aliphatic heterocycles. The number of amides is 2. The van der Waals surface area contributed by atoms with Gasteiger partial charge in [0.15, 0.2) is 17.4 Å². The molecule has 0 saturated heterocycles. The fraction of sp³-hybridized carbons (Fsp3) is 0.400. The molecular weight excluding hydrogens is 301 g/mol. The summed E-state index contributed by atoms with van der Waals surface area (Å²) in [4.78, 5) is 13.7. The summed E-state index contributed by atoms with van der Waals surface area (Å²) in [7, 11) is 4.86. The number of rotatable bonds is 5. The molecular formula is C15H20FN5O2. The van der Waals surface area contributed by atoms with Crippen LogP contribution in [-0.2, 0) is 13.6 Å². The van der Waals surface area contributed by atoms with Crippen LogP contribution in [0.2, 0.25) is 0 Å². The molecule has 0 bridgehead atoms. The maximum atomic E-state index is 13.7. The largest absolute Gasteiger partial charge is 0.494 e. The maximum absolute atomic E-state index is 13.7. The Morgan fingerprint density at radius 3 is 2.83 bits per heavy atom. The van der Waals surface area contributed by atoms with Gasteiger partial charge in [-0.05, 0) is 24.6 Å². The third-order valence-electron chi connectivity index (χ3n) is 3.46. The van der Waals surface area contributed by atoms with E-state index >= 15 is 0 Å². The van der Waals surface area contributed by atoms with Crippen LogP contribution in [0.25, 0.3) is 0 Å². The minimum absolute atomic E-state index is 0.178. The van der Waals surface area contributed by atoms with Crippen molar-refractivity contribution in [1.29, 1.82) is 0 Å². The predicted molar refractivity (Wildman–Crippen MR) is 82.4 cm³/mol. The van der Waals surface area contributed by atoms with Gasteiger partial charge in [0.05, 0.1) is 13.2 Å². The van der Waals surface area contributed by atoms with E-state index in [0.717, 1.165) is 0 Å². The number of hydrogen-bond acceptors (Lipinski definition) is 4. The lowest BCUT2D eigenvalue weighted by molar-refractivity contribution is 0.203. The lowest BCUT2D eigenvalue weighted by Crippen LogP contribution is -2.38. The summed E-state index contributed by atoms with van der Waals surface area (Å²) >= 11 is 0. The molecule has 1 aromatic heterocycles. The number of nitrogens with one attached hydrogen (secondary N) is 1. The minimum atomic E-state index is -0.453. The zero-order valence-corrected chi connectivity index (χ0v) is 13.6. The number of nitrogens with zero attached hydrogens (tertiary/aromatic N) is 4. The van der Waals surface area contributed by atoms with Gasteiger partial charge in [0.1, 0.15) is 6.33 Å². The normalized spacial score (nSPS) is 11.9. The summed E-state index contributed by atoms with van der Waals surface area (Å²) in [6, 6.07) is 4.05. The molecule has 124 valence electrons. The Morgan fingerprint density at radius 2 is 2.26 bits per heavy atom. The number of hydrogen-bond donors (Lipinski definition) is 1. The second-order valence-electron chi connectivity index (χ2n) is 5.30. The number of aromatic nitrogens is 3. The van der Waals surface area contributed by atoms with Crippen molar-refractivity contribution < 1.29 is 13.9 Å². The molecule has 0 spiro atoms. The van der Waals surface area contributed by atoms with Gasteiger partial charge in [0, 0.05) is 20.6 Å². The zero-order chi connectivity index (χ0) is 17.0. The molecule has 0 fully saturated rings. The van der Waals surface area contributed by atoms with Gasteiger partial charge in [-0.25, -0.2) is 9.18 Å². The highest BCUT2D eigenvalue weighted by atomic mass is 19.1. The van der Waals surface area contributed by atoms with Crippen molar-refractivity contribution in [3.63, 3.8) is 0 Å². The van der Waals surface area contributed by atoms with E-state index in [1.165, 1.54) is 18.1 Å². The Kier molecular flexibility index (Phi) is 5.15. The Morgan fingerprint density at radius 1 is 1.52 bits per heavy atom. The number of urea groups is 1. The molecule has 0 unspecified atom stereocenters. The summed E-state index contributed by atoms with van der Waals surface area (Å²) in [5, 5.41) is 10.6. The highest BCUT2D eigenvalue weighted by molar-refractivity contribution is 5.74. The summed E-state index contributed by atoms with van der Waals surface area (Å²) in [5.74, 6) is 0.380. The van der Waals surface area contributed by atoms with E-state index < -0.39 is 5.82 Å². The number of halogens is 1. The summed E-state index contributed by atoms with van der Waals surface area (Å²) in [5.41, 5.74) is 0.673. The highest BCUT2D eigenvalue weighted by Crippen LogP contribution is 2.18. The third kappa shape index (κ3) is 3.97. The summed E-state index contributed by atoms with van der Waals surface area (Å²) in [6.07, 6.45) is 1.57. The molecule has 0 aliphatic carbocycles. The topological polar surface area (TPSA) is 72.3 Å². The summed E-state index contributed by atoms with van der Waals surface area (Å²) < 4.78 is 20.3. The van der Waals surface area contributed by atoms with Gasteiger partial charge in [0.25, 0.3) is 0 Å². The Balaban J connectivity index is 1.97. The molecule has 2 aromatic rings. The molecule has 0 aliphatic rings. The van der Waals surface area contributed by atoms with E-state index in [2.05, 4.69) is 15.5 Å². The van der Waals surface area contributed by atoms with E-state index in [1.54, 1.807) is 30.1 Å². The molecule has 8 heteroatoms. The first-order valence-corrected chi connectivity index (χ1v) is 7.10. The molecule has 1 atom stereocenters. The lowest BCUT2D eigenvalue weighted by Gasteiger charge is -2.21. The monoisotopic (exact) mass is 321 g/mol. The van der Waals surface area contributed by atoms with Gasteiger partial charge in [-0.1, -0.05) is 6.07 Å². The molecule has 0 radical (unpaired) electrons. The van der Waals surface area contributed by atoms with Gasteiger partial charge < -0.3 is 19.5 Å². The molecule has 0 saturated carbocycles. The van der Waals surface area contributed by atoms with Crippen molar-refractivity contribution in [2.45, 2.75) is 19.5 Å². The second-order valence-corrected chi connectivity index (χ2v) is 5.30. The number of benzene rings is 1. The van der Waals surface area contributed by atoms with Crippen molar-refractivity contribution in [3.8, 4) is 5.75 Å². The summed E-state index contributed by atoms with van der Waals surface area (Å²) in [6.45, 7) is 2.10. The van der Waals surface area contributed by atoms with Crippen LogP contribution in [0, 0.1) is 5.82 Å². The molecule has 1 N–H and O–H groups in total. The van der Waals surface area contributed by atoms with Gasteiger partial charge in [-0.2, -0.15) is 0 Å². The Labute approximate surface area is 134 Å². The van der Waals surface area contributed by atoms with Crippen molar-refractivity contribution in [3.05, 3.63) is 41.7 Å². The van der Waals surface area contributed by atoms with Crippen LogP contribution < -0.4 is 10.1 Å². The zero-order valence-electron chi connectivity index (χ0n) is 13.6. The van der Waals surface area contributed by atoms with Gasteiger partial charge in [-0.3, -0.25) is 0 Å². The fourth-order valence-corrected chi connectivity index (χ4v) is 2.20. The molecule has 1 aromatic carbocycles. The van der Waals surface area contributed by atoms with Crippen LogP contribution in [0.5, 0.6) is 5.75 Å². The minimum Gasteiger partial charge on any atom is -0.494 e. The average Bonchev–Trinajstić information content (AvgIpc) is 2.93. The van der Waals surface area contributed by atoms with E-state index in [4.69, 9.17) is 4.74 Å². The second kappa shape index (κ2) is 7.08. The van der Waals surface area contributed by atoms with E-state index in [9.17, 15) is 9.18 Å². The SMILES string of the molecule is COc1ccc(CN(C)C(=O)N[C@@H](C)c2nncn2C)cc1F. The van der Waals surface area contributed by atoms with Crippen molar-refractivity contribution in [1.82, 2.24) is 25.0 Å². The van der Waals surface area contributed by atoms with E-state index in [0.29, 0.717) is 11.4 Å². The third-order valence-corrected chi connectivity index (χ3v) is 3.46. The number of aryl methyl sites for hydroxylation is 1. The smallest absolute Gasteiger partial charge is 0.318 e. The first-order chi connectivity index (χ1) is 10.9. The number of carbonyl (C=O) groups excluding carboxylic acids is 1. The average molecular weight is 321 g/mol. The van der Waals surface area contributed by atoms with E-state index in [-0.39, 0.29) is 24.4 Å². The van der Waals surface area contributed by atoms with Crippen LogP contribution in [0.15, 0.2) is 24.5 Å². The lowest BCUT2D eigenvalue weighted by atomic mass is 10.2. The van der Waals surface area contributed by atoms with Crippen LogP contribution >= 0.6 is 0 Å². The first kappa shape index (κ1) is 16.7. The van der Waals surface area contributed by atoms with Crippen LogP contribution in [0.4, 0.5) is 9.18 Å². The van der Waals surface area contributed by atoms with Gasteiger partial charge in [0.2, 0.25) is 0 Å². The Bertz CT molecular complexity index is 688. The Hall–Kier alpha value is -2.64. The molecule has 1 heterocycles. The molecule has 23 heavy (non-hydrogen) atoms. The van der Waals surface area contributed by atoms with Crippen LogP contribution in [-0.4, -0.2) is 39.9 Å². The van der Waals surface area contributed by atoms with Crippen molar-refractivity contribution in [2.24, 2.45) is 7.05 Å². The first-order valence-electron chi connectivity index (χ1n) is 7.10. The van der Waals surface area contributed by atoms with Crippen LogP contribution in [0.3, 0.4) is 0 Å². The van der Waals surface area contributed by atoms with Gasteiger partial charge >= 0.3 is 6.03 Å². The molecule has 7 nitrogen and oxygen atoms in total. The quantitative estimate of drug-likeness (QED) is 0.912. The van der Waals surface area contributed by atoms with Gasteiger partial charge in [-0.15, -0.1) is 10.2 Å². The predicted octanol–water partition coefficient (Wildman–Crippen LogP) is 1.87.